The zero-order valence-corrected chi connectivity index (χ0v) is 11.6. The van der Waals surface area contributed by atoms with Gasteiger partial charge in [-0.05, 0) is 60.3 Å². The van der Waals surface area contributed by atoms with E-state index in [1.165, 1.54) is 6.42 Å². The number of hydrogen-bond donors (Lipinski definition) is 2. The smallest absolute Gasteiger partial charge is 0.252 e. The second-order valence-corrected chi connectivity index (χ2v) is 5.90. The molecule has 0 saturated heterocycles. The lowest BCUT2D eigenvalue weighted by Gasteiger charge is -2.39. The minimum Gasteiger partial charge on any atom is -0.347 e. The monoisotopic (exact) mass is 299 g/mol. The van der Waals surface area contributed by atoms with E-state index in [4.69, 9.17) is 0 Å². The molecule has 86 valence electrons. The Bertz CT molecular complexity index is 429. The van der Waals surface area contributed by atoms with E-state index in [1.807, 2.05) is 12.1 Å². The summed E-state index contributed by atoms with van der Waals surface area (Å²) in [6.07, 6.45) is 3.33. The highest BCUT2D eigenvalue weighted by molar-refractivity contribution is 9.10. The number of carbonyl (C=O) groups excluding carboxylic acids is 1. The molecule has 1 aliphatic carbocycles. The molecule has 0 atom stereocenters. The molecular weight excluding hydrogens is 286 g/mol. The summed E-state index contributed by atoms with van der Waals surface area (Å²) in [5.41, 5.74) is 0.643. The molecule has 1 saturated carbocycles. The predicted octanol–water partition coefficient (Wildman–Crippen LogP) is 3.41. The second-order valence-electron chi connectivity index (χ2n) is 4.53. The molecule has 16 heavy (non-hydrogen) atoms. The Morgan fingerprint density at radius 2 is 2.19 bits per heavy atom. The molecule has 1 fully saturated rings. The summed E-state index contributed by atoms with van der Waals surface area (Å²) < 4.78 is 0.811. The highest BCUT2D eigenvalue weighted by atomic mass is 79.9. The molecule has 0 aliphatic heterocycles. The Morgan fingerprint density at radius 1 is 1.50 bits per heavy atom. The first-order valence-electron chi connectivity index (χ1n) is 5.31. The van der Waals surface area contributed by atoms with Crippen molar-refractivity contribution in [3.8, 4) is 0 Å². The second kappa shape index (κ2) is 4.41. The molecule has 1 N–H and O–H groups in total. The van der Waals surface area contributed by atoms with Crippen LogP contribution in [0.2, 0.25) is 0 Å². The van der Waals surface area contributed by atoms with Gasteiger partial charge in [0.15, 0.2) is 0 Å². The van der Waals surface area contributed by atoms with Crippen LogP contribution in [0.15, 0.2) is 27.6 Å². The van der Waals surface area contributed by atoms with E-state index in [9.17, 15) is 4.79 Å². The van der Waals surface area contributed by atoms with Gasteiger partial charge in [0.25, 0.3) is 5.91 Å². The van der Waals surface area contributed by atoms with Crippen LogP contribution in [0.4, 0.5) is 0 Å². The van der Waals surface area contributed by atoms with Gasteiger partial charge in [-0.3, -0.25) is 4.79 Å². The Hall–Kier alpha value is -0.480. The van der Waals surface area contributed by atoms with E-state index in [2.05, 4.69) is 40.8 Å². The van der Waals surface area contributed by atoms with Crippen LogP contribution in [0.3, 0.4) is 0 Å². The zero-order chi connectivity index (χ0) is 11.8. The lowest BCUT2D eigenvalue weighted by molar-refractivity contribution is 0.0849. The van der Waals surface area contributed by atoms with Crippen LogP contribution in [-0.4, -0.2) is 11.4 Å². The average molecular weight is 300 g/mol. The van der Waals surface area contributed by atoms with Gasteiger partial charge in [0.1, 0.15) is 0 Å². The first-order valence-corrected chi connectivity index (χ1v) is 6.55. The third kappa shape index (κ3) is 2.43. The van der Waals surface area contributed by atoms with E-state index in [0.717, 1.165) is 22.2 Å². The van der Waals surface area contributed by atoms with Gasteiger partial charge in [-0.25, -0.2) is 0 Å². The van der Waals surface area contributed by atoms with Crippen LogP contribution >= 0.6 is 28.6 Å². The van der Waals surface area contributed by atoms with Crippen LogP contribution in [0, 0.1) is 0 Å². The predicted molar refractivity (Wildman–Crippen MR) is 71.1 cm³/mol. The van der Waals surface area contributed by atoms with Gasteiger partial charge < -0.3 is 5.32 Å². The fourth-order valence-corrected chi connectivity index (χ4v) is 2.49. The van der Waals surface area contributed by atoms with Gasteiger partial charge in [-0.2, -0.15) is 0 Å². The van der Waals surface area contributed by atoms with Crippen LogP contribution < -0.4 is 5.32 Å². The standard InChI is InChI=1S/C12H14BrNOS/c1-12(5-2-6-12)14-11(15)9-7-8(16)3-4-10(9)13/h3-4,7,16H,2,5-6H2,1H3,(H,14,15). The van der Waals surface area contributed by atoms with Gasteiger partial charge in [0, 0.05) is 14.9 Å². The summed E-state index contributed by atoms with van der Waals surface area (Å²) in [7, 11) is 0. The molecule has 0 spiro atoms. The molecule has 1 amide bonds. The molecule has 4 heteroatoms. The van der Waals surface area contributed by atoms with Crippen molar-refractivity contribution < 1.29 is 4.79 Å². The third-order valence-electron chi connectivity index (χ3n) is 3.07. The third-order valence-corrected chi connectivity index (χ3v) is 4.04. The quantitative estimate of drug-likeness (QED) is 0.805. The summed E-state index contributed by atoms with van der Waals surface area (Å²) in [6.45, 7) is 2.09. The molecule has 0 bridgehead atoms. The summed E-state index contributed by atoms with van der Waals surface area (Å²) in [4.78, 5) is 12.8. The molecule has 0 radical (unpaired) electrons. The summed E-state index contributed by atoms with van der Waals surface area (Å²) >= 11 is 7.63. The lowest BCUT2D eigenvalue weighted by atomic mass is 9.78. The number of nitrogens with one attached hydrogen (secondary N) is 1. The first-order chi connectivity index (χ1) is 7.50. The molecule has 1 aromatic carbocycles. The fraction of sp³-hybridized carbons (Fsp3) is 0.417. The highest BCUT2D eigenvalue weighted by Crippen LogP contribution is 2.31. The molecule has 0 heterocycles. The van der Waals surface area contributed by atoms with Gasteiger partial charge in [-0.15, -0.1) is 12.6 Å². The van der Waals surface area contributed by atoms with E-state index < -0.39 is 0 Å². The molecule has 0 unspecified atom stereocenters. The van der Waals surface area contributed by atoms with E-state index in [0.29, 0.717) is 5.56 Å². The number of carbonyl (C=O) groups is 1. The van der Waals surface area contributed by atoms with Crippen molar-refractivity contribution in [2.24, 2.45) is 0 Å². The Kier molecular flexibility index (Phi) is 3.31. The summed E-state index contributed by atoms with van der Waals surface area (Å²) in [6, 6.07) is 5.49. The van der Waals surface area contributed by atoms with Crippen molar-refractivity contribution in [3.63, 3.8) is 0 Å². The van der Waals surface area contributed by atoms with Crippen molar-refractivity contribution >= 4 is 34.5 Å². The Balaban J connectivity index is 2.17. The molecular formula is C12H14BrNOS. The number of halogens is 1. The van der Waals surface area contributed by atoms with Crippen LogP contribution in [0.5, 0.6) is 0 Å². The van der Waals surface area contributed by atoms with E-state index >= 15 is 0 Å². The lowest BCUT2D eigenvalue weighted by Crippen LogP contribution is -2.51. The van der Waals surface area contributed by atoms with Crippen LogP contribution in [-0.2, 0) is 0 Å². The minimum atomic E-state index is -0.0232. The van der Waals surface area contributed by atoms with Crippen LogP contribution in [0.1, 0.15) is 36.5 Å². The molecule has 1 aromatic rings. The van der Waals surface area contributed by atoms with E-state index in [-0.39, 0.29) is 11.4 Å². The molecule has 0 aromatic heterocycles. The van der Waals surface area contributed by atoms with Crippen molar-refractivity contribution in [1.29, 1.82) is 0 Å². The molecule has 2 rings (SSSR count). The maximum atomic E-state index is 12.1. The summed E-state index contributed by atoms with van der Waals surface area (Å²) in [5, 5.41) is 3.07. The number of benzene rings is 1. The normalized spacial score (nSPS) is 17.7. The maximum absolute atomic E-state index is 12.1. The number of amides is 1. The Labute approximate surface area is 109 Å². The fourth-order valence-electron chi connectivity index (χ4n) is 1.86. The van der Waals surface area contributed by atoms with Crippen molar-refractivity contribution in [1.82, 2.24) is 5.32 Å². The average Bonchev–Trinajstić information content (AvgIpc) is 2.19. The van der Waals surface area contributed by atoms with Crippen LogP contribution in [0.25, 0.3) is 0 Å². The minimum absolute atomic E-state index is 0.0108. The Morgan fingerprint density at radius 3 is 2.75 bits per heavy atom. The highest BCUT2D eigenvalue weighted by Gasteiger charge is 2.33. The number of rotatable bonds is 2. The maximum Gasteiger partial charge on any atom is 0.252 e. The molecule has 2 nitrogen and oxygen atoms in total. The van der Waals surface area contributed by atoms with Gasteiger partial charge in [0.2, 0.25) is 0 Å². The van der Waals surface area contributed by atoms with Gasteiger partial charge in [0.05, 0.1) is 5.56 Å². The van der Waals surface area contributed by atoms with Crippen molar-refractivity contribution in [2.75, 3.05) is 0 Å². The SMILES string of the molecule is CC1(NC(=O)c2cc(S)ccc2Br)CCC1. The van der Waals surface area contributed by atoms with Crippen molar-refractivity contribution in [2.45, 2.75) is 36.6 Å². The largest absolute Gasteiger partial charge is 0.347 e. The molecule has 1 aliphatic rings. The zero-order valence-electron chi connectivity index (χ0n) is 9.09. The van der Waals surface area contributed by atoms with Gasteiger partial charge >= 0.3 is 0 Å². The van der Waals surface area contributed by atoms with Crippen molar-refractivity contribution in [3.05, 3.63) is 28.2 Å². The number of hydrogen-bond acceptors (Lipinski definition) is 2. The van der Waals surface area contributed by atoms with Gasteiger partial charge in [-0.1, -0.05) is 0 Å². The van der Waals surface area contributed by atoms with E-state index in [1.54, 1.807) is 6.07 Å². The summed E-state index contributed by atoms with van der Waals surface area (Å²) in [5.74, 6) is -0.0232. The topological polar surface area (TPSA) is 29.1 Å². The first kappa shape index (κ1) is 12.0. The number of thiol groups is 1.